The summed E-state index contributed by atoms with van der Waals surface area (Å²) in [5, 5.41) is 13.5. The van der Waals surface area contributed by atoms with Gasteiger partial charge in [0.1, 0.15) is 0 Å². The first-order valence-corrected chi connectivity index (χ1v) is 4.71. The molecule has 86 valence electrons. The van der Waals surface area contributed by atoms with Gasteiger partial charge in [-0.3, -0.25) is 4.79 Å². The van der Waals surface area contributed by atoms with E-state index in [0.717, 1.165) is 0 Å². The monoisotopic (exact) mass is 221 g/mol. The van der Waals surface area contributed by atoms with Gasteiger partial charge in [-0.1, -0.05) is 0 Å². The molecule has 0 aliphatic rings. The summed E-state index contributed by atoms with van der Waals surface area (Å²) in [5.41, 5.74) is 0.861. The van der Waals surface area contributed by atoms with E-state index in [2.05, 4.69) is 5.32 Å². The van der Waals surface area contributed by atoms with Crippen molar-refractivity contribution in [1.82, 2.24) is 4.90 Å². The van der Waals surface area contributed by atoms with Gasteiger partial charge in [-0.15, -0.1) is 0 Å². The van der Waals surface area contributed by atoms with Gasteiger partial charge in [0, 0.05) is 32.4 Å². The second-order valence-corrected chi connectivity index (χ2v) is 3.54. The van der Waals surface area contributed by atoms with Crippen LogP contribution in [0.4, 0.5) is 5.69 Å². The predicted octanol–water partition coefficient (Wildman–Crippen LogP) is -0.206. The number of rotatable bonds is 3. The van der Waals surface area contributed by atoms with Gasteiger partial charge < -0.3 is 20.1 Å². The number of benzene rings is 1. The van der Waals surface area contributed by atoms with Crippen LogP contribution in [-0.2, 0) is 0 Å². The van der Waals surface area contributed by atoms with Crippen molar-refractivity contribution in [3.63, 3.8) is 0 Å². The molecular formula is C11H13N2O3-. The number of carboxylic acids is 1. The molecule has 1 aromatic carbocycles. The van der Waals surface area contributed by atoms with Gasteiger partial charge in [-0.2, -0.15) is 0 Å². The third-order valence-corrected chi connectivity index (χ3v) is 2.11. The van der Waals surface area contributed by atoms with Crippen molar-refractivity contribution in [3.05, 3.63) is 29.3 Å². The molecule has 1 amide bonds. The highest BCUT2D eigenvalue weighted by atomic mass is 16.4. The fourth-order valence-electron chi connectivity index (χ4n) is 1.27. The van der Waals surface area contributed by atoms with E-state index >= 15 is 0 Å². The average molecular weight is 221 g/mol. The lowest BCUT2D eigenvalue weighted by atomic mass is 10.1. The number of carboxylic acid groups (broad SMARTS) is 1. The summed E-state index contributed by atoms with van der Waals surface area (Å²) in [5.74, 6) is -1.55. The highest BCUT2D eigenvalue weighted by Gasteiger charge is 2.10. The summed E-state index contributed by atoms with van der Waals surface area (Å²) >= 11 is 0. The van der Waals surface area contributed by atoms with Crippen LogP contribution in [0.1, 0.15) is 20.7 Å². The lowest BCUT2D eigenvalue weighted by Crippen LogP contribution is -2.25. The Balaban J connectivity index is 3.24. The number of carbonyl (C=O) groups is 2. The smallest absolute Gasteiger partial charge is 0.253 e. The zero-order valence-corrected chi connectivity index (χ0v) is 9.40. The highest BCUT2D eigenvalue weighted by Crippen LogP contribution is 2.15. The van der Waals surface area contributed by atoms with Crippen LogP contribution in [0.2, 0.25) is 0 Å². The molecule has 0 aliphatic carbocycles. The van der Waals surface area contributed by atoms with Crippen molar-refractivity contribution in [2.45, 2.75) is 0 Å². The van der Waals surface area contributed by atoms with E-state index in [4.69, 9.17) is 0 Å². The van der Waals surface area contributed by atoms with Gasteiger partial charge in [-0.05, 0) is 23.8 Å². The van der Waals surface area contributed by atoms with Crippen LogP contribution in [0.15, 0.2) is 18.2 Å². The summed E-state index contributed by atoms with van der Waals surface area (Å²) < 4.78 is 0. The minimum Gasteiger partial charge on any atom is -0.545 e. The number of amides is 1. The number of aromatic carboxylic acids is 1. The molecule has 0 radical (unpaired) electrons. The van der Waals surface area contributed by atoms with Crippen LogP contribution >= 0.6 is 0 Å². The van der Waals surface area contributed by atoms with E-state index in [-0.39, 0.29) is 11.5 Å². The normalized spacial score (nSPS) is 9.69. The lowest BCUT2D eigenvalue weighted by molar-refractivity contribution is -0.255. The molecule has 0 atom stereocenters. The van der Waals surface area contributed by atoms with Crippen molar-refractivity contribution in [2.75, 3.05) is 26.5 Å². The van der Waals surface area contributed by atoms with Crippen molar-refractivity contribution in [3.8, 4) is 0 Å². The van der Waals surface area contributed by atoms with Gasteiger partial charge in [0.15, 0.2) is 0 Å². The molecule has 1 aromatic rings. The van der Waals surface area contributed by atoms with Crippen molar-refractivity contribution >= 4 is 17.6 Å². The molecule has 0 aliphatic heterocycles. The maximum Gasteiger partial charge on any atom is 0.253 e. The number of anilines is 1. The van der Waals surface area contributed by atoms with Crippen LogP contribution < -0.4 is 10.4 Å². The Labute approximate surface area is 93.7 Å². The third kappa shape index (κ3) is 2.50. The molecule has 0 fully saturated rings. The second kappa shape index (κ2) is 4.65. The summed E-state index contributed by atoms with van der Waals surface area (Å²) in [6.07, 6.45) is 0. The Hall–Kier alpha value is -2.04. The van der Waals surface area contributed by atoms with E-state index < -0.39 is 5.97 Å². The standard InChI is InChI=1S/C11H14N2O3/c1-12-9-5-7(10(14)13(2)3)4-8(6-9)11(15)16/h4-6,12H,1-3H3,(H,15,16)/p-1. The molecule has 0 bridgehead atoms. The van der Waals surface area contributed by atoms with Gasteiger partial charge in [0.25, 0.3) is 5.91 Å². The molecule has 16 heavy (non-hydrogen) atoms. The molecule has 5 nitrogen and oxygen atoms in total. The Morgan fingerprint density at radius 2 is 1.75 bits per heavy atom. The minimum absolute atomic E-state index is 0.0166. The molecule has 0 saturated carbocycles. The second-order valence-electron chi connectivity index (χ2n) is 3.54. The fraction of sp³-hybridized carbons (Fsp3) is 0.273. The number of hydrogen-bond donors (Lipinski definition) is 1. The molecule has 0 saturated heterocycles. The fourth-order valence-corrected chi connectivity index (χ4v) is 1.27. The summed E-state index contributed by atoms with van der Waals surface area (Å²) in [6, 6.07) is 4.31. The molecule has 0 spiro atoms. The molecule has 1 N–H and O–H groups in total. The molecule has 0 aromatic heterocycles. The molecule has 0 unspecified atom stereocenters. The van der Waals surface area contributed by atoms with E-state index in [1.807, 2.05) is 0 Å². The number of hydrogen-bond acceptors (Lipinski definition) is 4. The van der Waals surface area contributed by atoms with E-state index in [1.165, 1.54) is 17.0 Å². The SMILES string of the molecule is CNc1cc(C(=O)[O-])cc(C(=O)N(C)C)c1. The predicted molar refractivity (Wildman–Crippen MR) is 58.3 cm³/mol. The van der Waals surface area contributed by atoms with Crippen LogP contribution in [0.3, 0.4) is 0 Å². The van der Waals surface area contributed by atoms with E-state index in [0.29, 0.717) is 11.3 Å². The average Bonchev–Trinajstić information content (AvgIpc) is 2.27. The van der Waals surface area contributed by atoms with Crippen LogP contribution in [0.25, 0.3) is 0 Å². The van der Waals surface area contributed by atoms with E-state index in [9.17, 15) is 14.7 Å². The molecule has 5 heteroatoms. The zero-order chi connectivity index (χ0) is 12.3. The number of nitrogens with zero attached hydrogens (tertiary/aromatic N) is 1. The first-order valence-electron chi connectivity index (χ1n) is 4.71. The van der Waals surface area contributed by atoms with Crippen LogP contribution in [0, 0.1) is 0 Å². The third-order valence-electron chi connectivity index (χ3n) is 2.11. The highest BCUT2D eigenvalue weighted by molar-refractivity contribution is 5.98. The van der Waals surface area contributed by atoms with E-state index in [1.54, 1.807) is 27.2 Å². The Bertz CT molecular complexity index is 427. The quantitative estimate of drug-likeness (QED) is 0.766. The summed E-state index contributed by atoms with van der Waals surface area (Å²) in [4.78, 5) is 23.8. The maximum atomic E-state index is 11.7. The summed E-state index contributed by atoms with van der Waals surface area (Å²) in [6.45, 7) is 0. The first-order chi connectivity index (χ1) is 7.45. The Morgan fingerprint density at radius 1 is 1.19 bits per heavy atom. The van der Waals surface area contributed by atoms with Crippen molar-refractivity contribution < 1.29 is 14.7 Å². The van der Waals surface area contributed by atoms with Gasteiger partial charge in [-0.25, -0.2) is 0 Å². The van der Waals surface area contributed by atoms with Crippen LogP contribution in [0.5, 0.6) is 0 Å². The summed E-state index contributed by atoms with van der Waals surface area (Å²) in [7, 11) is 4.86. The maximum absolute atomic E-state index is 11.7. The van der Waals surface area contributed by atoms with Crippen molar-refractivity contribution in [1.29, 1.82) is 0 Å². The minimum atomic E-state index is -1.30. The molecule has 1 rings (SSSR count). The zero-order valence-electron chi connectivity index (χ0n) is 9.40. The molecule has 0 heterocycles. The number of carbonyl (C=O) groups excluding carboxylic acids is 2. The Kier molecular flexibility index (Phi) is 3.50. The first kappa shape index (κ1) is 12.0. The largest absolute Gasteiger partial charge is 0.545 e. The van der Waals surface area contributed by atoms with Crippen molar-refractivity contribution in [2.24, 2.45) is 0 Å². The molecular weight excluding hydrogens is 208 g/mol. The van der Waals surface area contributed by atoms with Gasteiger partial charge in [0.2, 0.25) is 0 Å². The topological polar surface area (TPSA) is 72.5 Å². The van der Waals surface area contributed by atoms with Gasteiger partial charge in [0.05, 0.1) is 5.97 Å². The Morgan fingerprint density at radius 3 is 2.19 bits per heavy atom. The van der Waals surface area contributed by atoms with Gasteiger partial charge >= 0.3 is 0 Å². The van der Waals surface area contributed by atoms with Crippen LogP contribution in [-0.4, -0.2) is 37.9 Å². The number of nitrogens with one attached hydrogen (secondary N) is 1. The lowest BCUT2D eigenvalue weighted by Gasteiger charge is -2.13.